The van der Waals surface area contributed by atoms with Crippen LogP contribution in [0, 0.1) is 0 Å². The summed E-state index contributed by atoms with van der Waals surface area (Å²) in [5.74, 6) is 0.441. The van der Waals surface area contributed by atoms with Crippen LogP contribution in [0.3, 0.4) is 0 Å². The molecule has 10 heteroatoms. The first-order valence-electron chi connectivity index (χ1n) is 11.6. The molecule has 0 spiro atoms. The number of amides is 1. The lowest BCUT2D eigenvalue weighted by Crippen LogP contribution is -2.29. The Morgan fingerprint density at radius 3 is 2.51 bits per heavy atom. The number of carbonyl (C=O) groups excluding carboxylic acids is 1. The number of pyridine rings is 1. The zero-order chi connectivity index (χ0) is 24.8. The minimum absolute atomic E-state index is 0.0256. The second-order valence-electron chi connectivity index (χ2n) is 8.31. The van der Waals surface area contributed by atoms with Gasteiger partial charge in [0.1, 0.15) is 0 Å². The highest BCUT2D eigenvalue weighted by Gasteiger charge is 2.18. The largest absolute Gasteiger partial charge is 0.493 e. The van der Waals surface area contributed by atoms with E-state index in [-0.39, 0.29) is 23.8 Å². The van der Waals surface area contributed by atoms with Gasteiger partial charge in [-0.25, -0.2) is 13.1 Å². The Bertz CT molecular complexity index is 1310. The molecule has 1 aromatic heterocycles. The van der Waals surface area contributed by atoms with Crippen LogP contribution in [0.1, 0.15) is 25.7 Å². The Labute approximate surface area is 205 Å². The van der Waals surface area contributed by atoms with Gasteiger partial charge in [-0.05, 0) is 49.6 Å². The van der Waals surface area contributed by atoms with Gasteiger partial charge in [0.25, 0.3) is 0 Å². The molecule has 2 aromatic carbocycles. The summed E-state index contributed by atoms with van der Waals surface area (Å²) in [7, 11) is -0.910. The van der Waals surface area contributed by atoms with Crippen molar-refractivity contribution < 1.29 is 22.7 Å². The molecular weight excluding hydrogens is 468 g/mol. The molecule has 3 aromatic rings. The molecule has 35 heavy (non-hydrogen) atoms. The van der Waals surface area contributed by atoms with E-state index in [1.54, 1.807) is 12.4 Å². The van der Waals surface area contributed by atoms with Gasteiger partial charge in [0.05, 0.1) is 24.8 Å². The molecule has 4 rings (SSSR count). The summed E-state index contributed by atoms with van der Waals surface area (Å²) < 4.78 is 38.1. The molecule has 0 radical (unpaired) electrons. The fourth-order valence-corrected chi connectivity index (χ4v) is 5.32. The van der Waals surface area contributed by atoms with Gasteiger partial charge in [-0.1, -0.05) is 0 Å². The molecule has 0 aliphatic carbocycles. The van der Waals surface area contributed by atoms with Crippen molar-refractivity contribution in [2.24, 2.45) is 0 Å². The number of hydrogen-bond acceptors (Lipinski definition) is 7. The molecule has 1 fully saturated rings. The lowest BCUT2D eigenvalue weighted by atomic mass is 10.0. The van der Waals surface area contributed by atoms with Crippen LogP contribution in [-0.2, 0) is 14.8 Å². The standard InChI is InChI=1S/C25H30N4O5S/c1-33-23-9-6-18(16-24(23)34-2)35(31,32)27-13-11-25(30)28-21-7-8-22(29-14-4-3-5-15-29)19-10-12-26-17-20(19)21/h6-10,12,16-17,27H,3-5,11,13-15H2,1-2H3,(H,28,30). The van der Waals surface area contributed by atoms with Crippen molar-refractivity contribution in [1.29, 1.82) is 0 Å². The number of sulfonamides is 1. The Balaban J connectivity index is 1.41. The van der Waals surface area contributed by atoms with E-state index in [1.165, 1.54) is 51.7 Å². The molecule has 0 atom stereocenters. The SMILES string of the molecule is COc1ccc(S(=O)(=O)NCCC(=O)Nc2ccc(N3CCCCC3)c3ccncc23)cc1OC. The summed E-state index contributed by atoms with van der Waals surface area (Å²) in [5.41, 5.74) is 1.80. The van der Waals surface area contributed by atoms with Crippen molar-refractivity contribution in [3.05, 3.63) is 48.8 Å². The van der Waals surface area contributed by atoms with Crippen molar-refractivity contribution >= 4 is 38.1 Å². The molecule has 2 N–H and O–H groups in total. The molecule has 1 aliphatic heterocycles. The summed E-state index contributed by atoms with van der Waals surface area (Å²) >= 11 is 0. The van der Waals surface area contributed by atoms with Crippen molar-refractivity contribution in [2.45, 2.75) is 30.6 Å². The first kappa shape index (κ1) is 24.7. The third kappa shape index (κ3) is 5.66. The zero-order valence-corrected chi connectivity index (χ0v) is 20.7. The summed E-state index contributed by atoms with van der Waals surface area (Å²) in [6.07, 6.45) is 7.07. The number of hydrogen-bond donors (Lipinski definition) is 2. The number of piperidine rings is 1. The third-order valence-electron chi connectivity index (χ3n) is 6.08. The summed E-state index contributed by atoms with van der Waals surface area (Å²) in [6, 6.07) is 10.2. The van der Waals surface area contributed by atoms with E-state index in [0.29, 0.717) is 17.2 Å². The second-order valence-corrected chi connectivity index (χ2v) is 10.1. The highest BCUT2D eigenvalue weighted by molar-refractivity contribution is 7.89. The number of rotatable bonds is 9. The van der Waals surface area contributed by atoms with Crippen molar-refractivity contribution in [3.8, 4) is 11.5 Å². The van der Waals surface area contributed by atoms with Crippen LogP contribution in [0.25, 0.3) is 10.8 Å². The van der Waals surface area contributed by atoms with E-state index in [4.69, 9.17) is 9.47 Å². The average Bonchev–Trinajstić information content (AvgIpc) is 2.88. The maximum Gasteiger partial charge on any atom is 0.240 e. The van der Waals surface area contributed by atoms with Crippen LogP contribution < -0.4 is 24.4 Å². The number of nitrogens with zero attached hydrogens (tertiary/aromatic N) is 2. The van der Waals surface area contributed by atoms with Crippen molar-refractivity contribution in [3.63, 3.8) is 0 Å². The van der Waals surface area contributed by atoms with E-state index in [2.05, 4.69) is 19.9 Å². The van der Waals surface area contributed by atoms with E-state index in [0.717, 1.165) is 29.5 Å². The highest BCUT2D eigenvalue weighted by Crippen LogP contribution is 2.33. The van der Waals surface area contributed by atoms with E-state index >= 15 is 0 Å². The predicted octanol–water partition coefficient (Wildman–Crippen LogP) is 3.55. The van der Waals surface area contributed by atoms with Crippen LogP contribution in [0.4, 0.5) is 11.4 Å². The first-order chi connectivity index (χ1) is 16.9. The van der Waals surface area contributed by atoms with Gasteiger partial charge in [-0.2, -0.15) is 0 Å². The number of benzene rings is 2. The van der Waals surface area contributed by atoms with Crippen LogP contribution >= 0.6 is 0 Å². The zero-order valence-electron chi connectivity index (χ0n) is 19.9. The fourth-order valence-electron chi connectivity index (χ4n) is 4.27. The number of fused-ring (bicyclic) bond motifs is 1. The summed E-state index contributed by atoms with van der Waals surface area (Å²) in [4.78, 5) is 19.3. The van der Waals surface area contributed by atoms with Gasteiger partial charge < -0.3 is 19.7 Å². The lowest BCUT2D eigenvalue weighted by molar-refractivity contribution is -0.116. The normalized spacial score (nSPS) is 14.1. The first-order valence-corrected chi connectivity index (χ1v) is 13.0. The molecule has 0 unspecified atom stereocenters. The Kier molecular flexibility index (Phi) is 7.72. The Hall–Kier alpha value is -3.37. The fraction of sp³-hybridized carbons (Fsp3) is 0.360. The molecule has 9 nitrogen and oxygen atoms in total. The van der Waals surface area contributed by atoms with Crippen LogP contribution in [0.5, 0.6) is 11.5 Å². The van der Waals surface area contributed by atoms with Gasteiger partial charge >= 0.3 is 0 Å². The maximum absolute atomic E-state index is 12.7. The second kappa shape index (κ2) is 10.9. The summed E-state index contributed by atoms with van der Waals surface area (Å²) in [6.45, 7) is 1.98. The number of carbonyl (C=O) groups is 1. The van der Waals surface area contributed by atoms with E-state index in [1.807, 2.05) is 18.2 Å². The Morgan fingerprint density at radius 1 is 1.00 bits per heavy atom. The van der Waals surface area contributed by atoms with Crippen molar-refractivity contribution in [1.82, 2.24) is 9.71 Å². The molecule has 186 valence electrons. The van der Waals surface area contributed by atoms with Gasteiger partial charge in [-0.3, -0.25) is 9.78 Å². The lowest BCUT2D eigenvalue weighted by Gasteiger charge is -2.30. The molecule has 2 heterocycles. The number of aromatic nitrogens is 1. The highest BCUT2D eigenvalue weighted by atomic mass is 32.2. The van der Waals surface area contributed by atoms with Gasteiger partial charge in [0.15, 0.2) is 11.5 Å². The maximum atomic E-state index is 12.7. The predicted molar refractivity (Wildman–Crippen MR) is 136 cm³/mol. The molecule has 1 aliphatic rings. The number of anilines is 2. The number of nitrogens with one attached hydrogen (secondary N) is 2. The molecule has 0 saturated carbocycles. The topological polar surface area (TPSA) is 110 Å². The van der Waals surface area contributed by atoms with Crippen molar-refractivity contribution in [2.75, 3.05) is 44.1 Å². The monoisotopic (exact) mass is 498 g/mol. The average molecular weight is 499 g/mol. The van der Waals surface area contributed by atoms with E-state index < -0.39 is 10.0 Å². The van der Waals surface area contributed by atoms with Gasteiger partial charge in [0, 0.05) is 61.0 Å². The minimum atomic E-state index is -3.82. The van der Waals surface area contributed by atoms with E-state index in [9.17, 15) is 13.2 Å². The Morgan fingerprint density at radius 2 is 1.77 bits per heavy atom. The van der Waals surface area contributed by atoms with Gasteiger partial charge in [0.2, 0.25) is 15.9 Å². The van der Waals surface area contributed by atoms with Crippen LogP contribution in [-0.4, -0.2) is 53.2 Å². The number of methoxy groups -OCH3 is 2. The number of ether oxygens (including phenoxy) is 2. The third-order valence-corrected chi connectivity index (χ3v) is 7.53. The molecular formula is C25H30N4O5S. The summed E-state index contributed by atoms with van der Waals surface area (Å²) in [5, 5.41) is 4.80. The molecule has 1 saturated heterocycles. The smallest absolute Gasteiger partial charge is 0.240 e. The molecule has 0 bridgehead atoms. The molecule has 1 amide bonds. The van der Waals surface area contributed by atoms with Crippen LogP contribution in [0.2, 0.25) is 0 Å². The quantitative estimate of drug-likeness (QED) is 0.464. The minimum Gasteiger partial charge on any atom is -0.493 e. The van der Waals surface area contributed by atoms with Gasteiger partial charge in [-0.15, -0.1) is 0 Å². The van der Waals surface area contributed by atoms with Crippen LogP contribution in [0.15, 0.2) is 53.7 Å².